The summed E-state index contributed by atoms with van der Waals surface area (Å²) in [6.45, 7) is 4.11. The molecule has 0 spiro atoms. The number of hydrogen-bond donors (Lipinski definition) is 0. The van der Waals surface area contributed by atoms with Crippen molar-refractivity contribution in [3.63, 3.8) is 0 Å². The summed E-state index contributed by atoms with van der Waals surface area (Å²) >= 11 is 0. The van der Waals surface area contributed by atoms with Crippen LogP contribution in [0, 0.1) is 5.41 Å². The maximum absolute atomic E-state index is 11.6. The average Bonchev–Trinajstić information content (AvgIpc) is 2.35. The van der Waals surface area contributed by atoms with Gasteiger partial charge >= 0.3 is 0 Å². The van der Waals surface area contributed by atoms with E-state index in [-0.39, 0.29) is 5.41 Å². The van der Waals surface area contributed by atoms with Crippen LogP contribution >= 0.6 is 0 Å². The lowest BCUT2D eigenvalue weighted by Crippen LogP contribution is -2.43. The van der Waals surface area contributed by atoms with Crippen LogP contribution in [-0.2, 0) is 4.79 Å². The van der Waals surface area contributed by atoms with E-state index < -0.39 is 0 Å². The number of fused-ring (bicyclic) bond motifs is 1. The van der Waals surface area contributed by atoms with Crippen molar-refractivity contribution in [1.29, 1.82) is 0 Å². The van der Waals surface area contributed by atoms with Crippen molar-refractivity contribution in [2.45, 2.75) is 26.2 Å². The molecule has 0 radical (unpaired) electrons. The molecule has 2 aromatic carbocycles. The van der Waals surface area contributed by atoms with Crippen LogP contribution < -0.4 is 0 Å². The van der Waals surface area contributed by atoms with E-state index >= 15 is 0 Å². The van der Waals surface area contributed by atoms with Gasteiger partial charge in [-0.3, -0.25) is 4.79 Å². The fourth-order valence-electron chi connectivity index (χ4n) is 2.73. The predicted octanol–water partition coefficient (Wildman–Crippen LogP) is 3.92. The van der Waals surface area contributed by atoms with E-state index in [1.54, 1.807) is 0 Å². The lowest BCUT2D eigenvalue weighted by molar-refractivity contribution is -0.137. The van der Waals surface area contributed by atoms with Gasteiger partial charge in [-0.1, -0.05) is 56.3 Å². The summed E-state index contributed by atoms with van der Waals surface area (Å²) in [4.78, 5) is 11.6. The normalized spacial score (nSPS) is 22.5. The minimum absolute atomic E-state index is 0.178. The molecule has 0 N–H and O–H groups in total. The van der Waals surface area contributed by atoms with Crippen molar-refractivity contribution in [2.24, 2.45) is 5.41 Å². The molecule has 0 amide bonds. The van der Waals surface area contributed by atoms with Crippen LogP contribution in [0.15, 0.2) is 42.5 Å². The highest BCUT2D eigenvalue weighted by Gasteiger charge is 2.47. The Bertz CT molecular complexity index is 595. The first-order valence-corrected chi connectivity index (χ1v) is 6.11. The maximum Gasteiger partial charge on any atom is 0.139 e. The van der Waals surface area contributed by atoms with E-state index in [4.69, 9.17) is 0 Å². The van der Waals surface area contributed by atoms with Crippen molar-refractivity contribution in [2.75, 3.05) is 0 Å². The van der Waals surface area contributed by atoms with Gasteiger partial charge in [-0.25, -0.2) is 0 Å². The quantitative estimate of drug-likeness (QED) is 0.717. The first-order valence-electron chi connectivity index (χ1n) is 6.11. The molecular formula is C16H16O. The Morgan fingerprint density at radius 1 is 1.06 bits per heavy atom. The Balaban J connectivity index is 2.05. The van der Waals surface area contributed by atoms with Crippen molar-refractivity contribution >= 4 is 16.6 Å². The van der Waals surface area contributed by atoms with E-state index in [9.17, 15) is 4.79 Å². The van der Waals surface area contributed by atoms with Crippen LogP contribution in [0.5, 0.6) is 0 Å². The van der Waals surface area contributed by atoms with Gasteiger partial charge in [0.25, 0.3) is 0 Å². The molecule has 1 heteroatoms. The molecule has 0 saturated heterocycles. The van der Waals surface area contributed by atoms with Crippen LogP contribution in [-0.4, -0.2) is 5.78 Å². The highest BCUT2D eigenvalue weighted by Crippen LogP contribution is 2.49. The van der Waals surface area contributed by atoms with Crippen LogP contribution in [0.1, 0.15) is 31.7 Å². The van der Waals surface area contributed by atoms with Gasteiger partial charge < -0.3 is 0 Å². The van der Waals surface area contributed by atoms with Gasteiger partial charge in [-0.15, -0.1) is 0 Å². The molecule has 0 aromatic heterocycles. The van der Waals surface area contributed by atoms with E-state index in [0.717, 1.165) is 0 Å². The number of ketones is 1. The lowest BCUT2D eigenvalue weighted by Gasteiger charge is -2.43. The highest BCUT2D eigenvalue weighted by molar-refractivity contribution is 5.93. The van der Waals surface area contributed by atoms with Gasteiger partial charge in [-0.2, -0.15) is 0 Å². The lowest BCUT2D eigenvalue weighted by atomic mass is 9.59. The first-order chi connectivity index (χ1) is 8.09. The first kappa shape index (κ1) is 10.5. The Kier molecular flexibility index (Phi) is 2.12. The van der Waals surface area contributed by atoms with E-state index in [2.05, 4.69) is 56.3 Å². The standard InChI is InChI=1S/C16H16O/c1-16(2)14(10-15(16)17)13-8-7-11-5-3-4-6-12(11)9-13/h3-9,14H,10H2,1-2H3. The van der Waals surface area contributed by atoms with Gasteiger partial charge in [0.2, 0.25) is 0 Å². The molecule has 1 aliphatic carbocycles. The molecule has 17 heavy (non-hydrogen) atoms. The highest BCUT2D eigenvalue weighted by atomic mass is 16.1. The molecule has 0 aliphatic heterocycles. The largest absolute Gasteiger partial charge is 0.299 e. The smallest absolute Gasteiger partial charge is 0.139 e. The van der Waals surface area contributed by atoms with Gasteiger partial charge in [0.05, 0.1) is 0 Å². The molecule has 3 rings (SSSR count). The summed E-state index contributed by atoms with van der Waals surface area (Å²) in [6, 6.07) is 14.9. The summed E-state index contributed by atoms with van der Waals surface area (Å²) in [6.07, 6.45) is 0.700. The number of carbonyl (C=O) groups excluding carboxylic acids is 1. The van der Waals surface area contributed by atoms with Crippen LogP contribution in [0.3, 0.4) is 0 Å². The zero-order valence-corrected chi connectivity index (χ0v) is 10.2. The number of Topliss-reactive ketones (excluding diaryl/α,β-unsaturated/α-hetero) is 1. The number of hydrogen-bond acceptors (Lipinski definition) is 1. The monoisotopic (exact) mass is 224 g/mol. The molecule has 1 saturated carbocycles. The van der Waals surface area contributed by atoms with E-state index in [1.165, 1.54) is 16.3 Å². The zero-order valence-electron chi connectivity index (χ0n) is 10.2. The topological polar surface area (TPSA) is 17.1 Å². The third-order valence-corrected chi connectivity index (χ3v) is 4.16. The molecule has 1 atom stereocenters. The van der Waals surface area contributed by atoms with E-state index in [1.807, 2.05) is 0 Å². The summed E-state index contributed by atoms with van der Waals surface area (Å²) < 4.78 is 0. The fourth-order valence-corrected chi connectivity index (χ4v) is 2.73. The molecule has 1 nitrogen and oxygen atoms in total. The Morgan fingerprint density at radius 3 is 2.41 bits per heavy atom. The third kappa shape index (κ3) is 1.49. The fraction of sp³-hybridized carbons (Fsp3) is 0.312. The molecule has 0 bridgehead atoms. The van der Waals surface area contributed by atoms with Gasteiger partial charge in [0, 0.05) is 17.8 Å². The van der Waals surface area contributed by atoms with Crippen LogP contribution in [0.4, 0.5) is 0 Å². The second kappa shape index (κ2) is 3.43. The number of benzene rings is 2. The second-order valence-corrected chi connectivity index (χ2v) is 5.51. The van der Waals surface area contributed by atoms with Crippen molar-refractivity contribution in [3.05, 3.63) is 48.0 Å². The molecule has 2 aromatic rings. The Morgan fingerprint density at radius 2 is 1.76 bits per heavy atom. The molecular weight excluding hydrogens is 208 g/mol. The summed E-state index contributed by atoms with van der Waals surface area (Å²) in [7, 11) is 0. The van der Waals surface area contributed by atoms with Gasteiger partial charge in [-0.05, 0) is 16.3 Å². The average molecular weight is 224 g/mol. The minimum Gasteiger partial charge on any atom is -0.299 e. The molecule has 1 aliphatic rings. The Labute approximate surface area is 101 Å². The molecule has 1 unspecified atom stereocenters. The van der Waals surface area contributed by atoms with Crippen molar-refractivity contribution < 1.29 is 4.79 Å². The molecule has 86 valence electrons. The maximum atomic E-state index is 11.6. The third-order valence-electron chi connectivity index (χ3n) is 4.16. The molecule has 1 fully saturated rings. The summed E-state index contributed by atoms with van der Waals surface area (Å²) in [5, 5.41) is 2.53. The zero-order chi connectivity index (χ0) is 12.0. The SMILES string of the molecule is CC1(C)C(=O)CC1c1ccc2ccccc2c1. The second-order valence-electron chi connectivity index (χ2n) is 5.51. The van der Waals surface area contributed by atoms with Gasteiger partial charge in [0.15, 0.2) is 0 Å². The minimum atomic E-state index is -0.178. The number of rotatable bonds is 1. The Hall–Kier alpha value is -1.63. The summed E-state index contributed by atoms with van der Waals surface area (Å²) in [5.74, 6) is 0.773. The summed E-state index contributed by atoms with van der Waals surface area (Å²) in [5.41, 5.74) is 1.12. The van der Waals surface area contributed by atoms with Gasteiger partial charge in [0.1, 0.15) is 5.78 Å². The number of carbonyl (C=O) groups is 1. The van der Waals surface area contributed by atoms with Crippen LogP contribution in [0.25, 0.3) is 10.8 Å². The predicted molar refractivity (Wildman–Crippen MR) is 70.1 cm³/mol. The van der Waals surface area contributed by atoms with Crippen LogP contribution in [0.2, 0.25) is 0 Å². The van der Waals surface area contributed by atoms with E-state index in [0.29, 0.717) is 18.1 Å². The van der Waals surface area contributed by atoms with Crippen molar-refractivity contribution in [1.82, 2.24) is 0 Å². The molecule has 0 heterocycles. The van der Waals surface area contributed by atoms with Crippen molar-refractivity contribution in [3.8, 4) is 0 Å².